The lowest BCUT2D eigenvalue weighted by molar-refractivity contribution is 0.0174. The van der Waals surface area contributed by atoms with Crippen LogP contribution >= 0.6 is 0 Å². The molecule has 1 saturated heterocycles. The molecule has 2 rings (SSSR count). The van der Waals surface area contributed by atoms with Gasteiger partial charge in [-0.3, -0.25) is 5.41 Å². The summed E-state index contributed by atoms with van der Waals surface area (Å²) in [5.74, 6) is -2.02. The summed E-state index contributed by atoms with van der Waals surface area (Å²) in [6.45, 7) is 10.8. The Morgan fingerprint density at radius 2 is 1.79 bits per heavy atom. The summed E-state index contributed by atoms with van der Waals surface area (Å²) in [6.07, 6.45) is 3.13. The van der Waals surface area contributed by atoms with Crippen LogP contribution in [0.1, 0.15) is 38.3 Å². The van der Waals surface area contributed by atoms with E-state index in [0.29, 0.717) is 5.84 Å². The van der Waals surface area contributed by atoms with Crippen molar-refractivity contribution in [1.29, 1.82) is 5.41 Å². The first-order valence-electron chi connectivity index (χ1n) is 8.42. The van der Waals surface area contributed by atoms with E-state index in [1.807, 2.05) is 13.8 Å². The Morgan fingerprint density at radius 1 is 1.25 bits per heavy atom. The standard InChI is InChI=1S/C10H19N3.C9H10F2/c1-3-4-9(2)10(11)13-7-5-12-6-8-13;1-7-3-5-8(6-4-7)9(2,10)11/h4,11-12H,3,5-8H2,1-2H3;3-6H,1-2H3/b9-4-,11-10?;. The first kappa shape index (κ1) is 20.3. The highest BCUT2D eigenvalue weighted by molar-refractivity contribution is 5.95. The predicted octanol–water partition coefficient (Wildman–Crippen LogP) is 4.33. The summed E-state index contributed by atoms with van der Waals surface area (Å²) < 4.78 is 25.2. The van der Waals surface area contributed by atoms with E-state index < -0.39 is 5.92 Å². The Kier molecular flexibility index (Phi) is 8.05. The summed E-state index contributed by atoms with van der Waals surface area (Å²) in [6, 6.07) is 6.28. The Morgan fingerprint density at radius 3 is 2.25 bits per heavy atom. The van der Waals surface area contributed by atoms with Crippen LogP contribution in [0, 0.1) is 12.3 Å². The first-order valence-corrected chi connectivity index (χ1v) is 8.42. The number of piperazine rings is 1. The first-order chi connectivity index (χ1) is 11.3. The van der Waals surface area contributed by atoms with Gasteiger partial charge >= 0.3 is 0 Å². The van der Waals surface area contributed by atoms with E-state index >= 15 is 0 Å². The number of hydrogen-bond donors (Lipinski definition) is 2. The molecule has 3 nitrogen and oxygen atoms in total. The fourth-order valence-electron chi connectivity index (χ4n) is 2.39. The molecule has 0 saturated carbocycles. The number of amidine groups is 1. The third-order valence-corrected chi connectivity index (χ3v) is 3.88. The topological polar surface area (TPSA) is 39.1 Å². The maximum atomic E-state index is 12.6. The normalized spacial score (nSPS) is 15.6. The van der Waals surface area contributed by atoms with Crippen molar-refractivity contribution in [2.75, 3.05) is 26.2 Å². The van der Waals surface area contributed by atoms with Crippen molar-refractivity contribution in [2.45, 2.75) is 40.0 Å². The molecule has 0 aromatic heterocycles. The summed E-state index contributed by atoms with van der Waals surface area (Å²) in [5.41, 5.74) is 2.17. The molecule has 0 amide bonds. The van der Waals surface area contributed by atoms with Crippen LogP contribution in [-0.4, -0.2) is 36.9 Å². The van der Waals surface area contributed by atoms with Gasteiger partial charge in [0.2, 0.25) is 0 Å². The second-order valence-corrected chi connectivity index (χ2v) is 6.14. The van der Waals surface area contributed by atoms with Crippen molar-refractivity contribution in [2.24, 2.45) is 0 Å². The van der Waals surface area contributed by atoms with E-state index in [2.05, 4.69) is 23.2 Å². The Labute approximate surface area is 144 Å². The number of halogens is 2. The zero-order chi connectivity index (χ0) is 18.2. The van der Waals surface area contributed by atoms with Crippen LogP contribution in [0.2, 0.25) is 0 Å². The van der Waals surface area contributed by atoms with Gasteiger partial charge in [0.25, 0.3) is 5.92 Å². The maximum absolute atomic E-state index is 12.6. The lowest BCUT2D eigenvalue weighted by Gasteiger charge is -2.29. The summed E-state index contributed by atoms with van der Waals surface area (Å²) in [5, 5.41) is 11.2. The van der Waals surface area contributed by atoms with Crippen LogP contribution in [0.25, 0.3) is 0 Å². The molecule has 1 aliphatic rings. The number of alkyl halides is 2. The molecule has 0 aliphatic carbocycles. The predicted molar refractivity (Wildman–Crippen MR) is 97.0 cm³/mol. The Hall–Kier alpha value is -1.75. The van der Waals surface area contributed by atoms with Crippen LogP contribution in [0.3, 0.4) is 0 Å². The van der Waals surface area contributed by atoms with Crippen LogP contribution in [0.5, 0.6) is 0 Å². The largest absolute Gasteiger partial charge is 0.354 e. The zero-order valence-electron chi connectivity index (χ0n) is 15.1. The zero-order valence-corrected chi connectivity index (χ0v) is 15.1. The highest BCUT2D eigenvalue weighted by atomic mass is 19.3. The monoisotopic (exact) mass is 337 g/mol. The Balaban J connectivity index is 0.000000243. The van der Waals surface area contributed by atoms with Crippen molar-refractivity contribution in [1.82, 2.24) is 10.2 Å². The van der Waals surface area contributed by atoms with Crippen LogP contribution in [-0.2, 0) is 5.92 Å². The van der Waals surface area contributed by atoms with Crippen molar-refractivity contribution in [3.05, 3.63) is 47.0 Å². The van der Waals surface area contributed by atoms with Gasteiger partial charge in [0, 0.05) is 38.7 Å². The molecule has 0 bridgehead atoms. The second-order valence-electron chi connectivity index (χ2n) is 6.14. The molecule has 0 spiro atoms. The van der Waals surface area contributed by atoms with Gasteiger partial charge in [-0.1, -0.05) is 42.8 Å². The molecule has 0 unspecified atom stereocenters. The number of aryl methyl sites for hydroxylation is 1. The molecule has 24 heavy (non-hydrogen) atoms. The fraction of sp³-hybridized carbons (Fsp3) is 0.526. The number of hydrogen-bond acceptors (Lipinski definition) is 2. The van der Waals surface area contributed by atoms with Gasteiger partial charge in [0.05, 0.1) is 0 Å². The molecule has 134 valence electrons. The molecule has 1 fully saturated rings. The minimum Gasteiger partial charge on any atom is -0.354 e. The lowest BCUT2D eigenvalue weighted by atomic mass is 10.1. The van der Waals surface area contributed by atoms with E-state index in [1.54, 1.807) is 12.1 Å². The van der Waals surface area contributed by atoms with Crippen LogP contribution in [0.15, 0.2) is 35.9 Å². The van der Waals surface area contributed by atoms with E-state index in [9.17, 15) is 8.78 Å². The SMILES string of the molecule is CC/C=C(/C)C(=N)N1CCNCC1.Cc1ccc(C(C)(F)F)cc1. The van der Waals surface area contributed by atoms with Gasteiger partial charge in [-0.05, 0) is 25.8 Å². The number of nitrogens with one attached hydrogen (secondary N) is 2. The Bertz CT molecular complexity index is 539. The lowest BCUT2D eigenvalue weighted by Crippen LogP contribution is -2.46. The molecule has 0 radical (unpaired) electrons. The van der Waals surface area contributed by atoms with Gasteiger partial charge in [-0.2, -0.15) is 0 Å². The summed E-state index contributed by atoms with van der Waals surface area (Å²) >= 11 is 0. The highest BCUT2D eigenvalue weighted by Gasteiger charge is 2.23. The summed E-state index contributed by atoms with van der Waals surface area (Å²) in [7, 11) is 0. The molecule has 1 aliphatic heterocycles. The minimum absolute atomic E-state index is 0.0723. The van der Waals surface area contributed by atoms with Gasteiger partial charge in [0.1, 0.15) is 5.84 Å². The van der Waals surface area contributed by atoms with E-state index in [4.69, 9.17) is 5.41 Å². The molecule has 1 aromatic rings. The van der Waals surface area contributed by atoms with Gasteiger partial charge < -0.3 is 10.2 Å². The fourth-order valence-corrected chi connectivity index (χ4v) is 2.39. The molecule has 0 atom stereocenters. The third-order valence-electron chi connectivity index (χ3n) is 3.88. The van der Waals surface area contributed by atoms with Crippen molar-refractivity contribution in [3.8, 4) is 0 Å². The third kappa shape index (κ3) is 6.79. The number of rotatable bonds is 3. The highest BCUT2D eigenvalue weighted by Crippen LogP contribution is 2.26. The quantitative estimate of drug-likeness (QED) is 0.636. The molecular formula is C19H29F2N3. The maximum Gasteiger partial charge on any atom is 0.270 e. The van der Waals surface area contributed by atoms with Gasteiger partial charge in [0.15, 0.2) is 0 Å². The minimum atomic E-state index is -2.71. The molecule has 5 heteroatoms. The van der Waals surface area contributed by atoms with E-state index in [-0.39, 0.29) is 5.56 Å². The average Bonchev–Trinajstić information content (AvgIpc) is 2.55. The molecular weight excluding hydrogens is 308 g/mol. The van der Waals surface area contributed by atoms with Crippen molar-refractivity contribution in [3.63, 3.8) is 0 Å². The van der Waals surface area contributed by atoms with Crippen molar-refractivity contribution < 1.29 is 8.78 Å². The van der Waals surface area contributed by atoms with Crippen molar-refractivity contribution >= 4 is 5.84 Å². The number of allylic oxidation sites excluding steroid dienone is 1. The van der Waals surface area contributed by atoms with Crippen LogP contribution in [0.4, 0.5) is 8.78 Å². The average molecular weight is 337 g/mol. The van der Waals surface area contributed by atoms with Crippen LogP contribution < -0.4 is 5.32 Å². The van der Waals surface area contributed by atoms with E-state index in [0.717, 1.165) is 50.7 Å². The molecule has 1 aromatic carbocycles. The smallest absolute Gasteiger partial charge is 0.270 e. The van der Waals surface area contributed by atoms with E-state index in [1.165, 1.54) is 12.1 Å². The molecule has 2 N–H and O–H groups in total. The number of benzene rings is 1. The second kappa shape index (κ2) is 9.52. The van der Waals surface area contributed by atoms with Gasteiger partial charge in [-0.25, -0.2) is 8.78 Å². The van der Waals surface area contributed by atoms with Gasteiger partial charge in [-0.15, -0.1) is 0 Å². The summed E-state index contributed by atoms with van der Waals surface area (Å²) in [4.78, 5) is 2.14. The number of nitrogens with zero attached hydrogens (tertiary/aromatic N) is 1. The molecule has 1 heterocycles.